The molecule has 0 saturated carbocycles. The van der Waals surface area contributed by atoms with Crippen LogP contribution in [0.5, 0.6) is 5.75 Å². The van der Waals surface area contributed by atoms with E-state index >= 15 is 0 Å². The molecule has 4 rings (SSSR count). The molecule has 0 amide bonds. The smallest absolute Gasteiger partial charge is 0.158 e. The van der Waals surface area contributed by atoms with Crippen molar-refractivity contribution in [2.45, 2.75) is 45.3 Å². The third kappa shape index (κ3) is 3.57. The van der Waals surface area contributed by atoms with E-state index in [1.165, 1.54) is 0 Å². The second-order valence-corrected chi connectivity index (χ2v) is 7.78. The Morgan fingerprint density at radius 3 is 2.81 bits per heavy atom. The number of nitrogens with zero attached hydrogens (tertiary/aromatic N) is 3. The van der Waals surface area contributed by atoms with Crippen LogP contribution in [0.15, 0.2) is 36.7 Å². The molecule has 6 nitrogen and oxygen atoms in total. The number of benzene rings is 1. The monoisotopic (exact) mass is 364 g/mol. The van der Waals surface area contributed by atoms with Gasteiger partial charge >= 0.3 is 0 Å². The summed E-state index contributed by atoms with van der Waals surface area (Å²) >= 11 is 0. The summed E-state index contributed by atoms with van der Waals surface area (Å²) in [5.41, 5.74) is 2.17. The Hall–Kier alpha value is -2.73. The van der Waals surface area contributed by atoms with E-state index in [-0.39, 0.29) is 17.4 Å². The average Bonchev–Trinajstić information content (AvgIpc) is 2.62. The number of phenols is 1. The third-order valence-electron chi connectivity index (χ3n) is 5.03. The molecule has 0 radical (unpaired) electrons. The predicted molar refractivity (Wildman–Crippen MR) is 106 cm³/mol. The first-order valence-electron chi connectivity index (χ1n) is 9.24. The Bertz CT molecular complexity index is 987. The van der Waals surface area contributed by atoms with Gasteiger partial charge in [-0.25, -0.2) is 0 Å². The maximum Gasteiger partial charge on any atom is 0.158 e. The van der Waals surface area contributed by atoms with E-state index in [1.807, 2.05) is 25.1 Å². The van der Waals surface area contributed by atoms with E-state index < -0.39 is 0 Å². The van der Waals surface area contributed by atoms with Crippen LogP contribution in [0, 0.1) is 6.92 Å². The van der Waals surface area contributed by atoms with Crippen LogP contribution in [0.1, 0.15) is 32.3 Å². The summed E-state index contributed by atoms with van der Waals surface area (Å²) in [6.07, 6.45) is 5.36. The van der Waals surface area contributed by atoms with Crippen molar-refractivity contribution in [1.29, 1.82) is 0 Å². The molecule has 1 saturated heterocycles. The van der Waals surface area contributed by atoms with Crippen LogP contribution in [0.25, 0.3) is 22.0 Å². The zero-order chi connectivity index (χ0) is 19.0. The molecule has 1 fully saturated rings. The van der Waals surface area contributed by atoms with Crippen LogP contribution in [0.3, 0.4) is 0 Å². The minimum Gasteiger partial charge on any atom is -0.507 e. The van der Waals surface area contributed by atoms with E-state index in [1.54, 1.807) is 18.5 Å². The lowest BCUT2D eigenvalue weighted by molar-refractivity contribution is -0.0553. The Morgan fingerprint density at radius 2 is 2.04 bits per heavy atom. The highest BCUT2D eigenvalue weighted by molar-refractivity contribution is 6.00. The second kappa shape index (κ2) is 6.78. The number of rotatable bonds is 3. The molecule has 27 heavy (non-hydrogen) atoms. The molecule has 1 aromatic carbocycles. The van der Waals surface area contributed by atoms with Crippen LogP contribution >= 0.6 is 0 Å². The van der Waals surface area contributed by atoms with Gasteiger partial charge in [-0.2, -0.15) is 0 Å². The molecule has 1 aliphatic rings. The number of hydrogen-bond donors (Lipinski definition) is 2. The summed E-state index contributed by atoms with van der Waals surface area (Å²) < 4.78 is 5.80. The largest absolute Gasteiger partial charge is 0.507 e. The minimum absolute atomic E-state index is 0.148. The minimum atomic E-state index is -0.148. The molecule has 2 N–H and O–H groups in total. The molecule has 0 unspecified atom stereocenters. The maximum absolute atomic E-state index is 10.4. The molecule has 3 aromatic rings. The van der Waals surface area contributed by atoms with Gasteiger partial charge in [0.05, 0.1) is 5.60 Å². The molecule has 6 heteroatoms. The topological polar surface area (TPSA) is 80.2 Å². The predicted octanol–water partition coefficient (Wildman–Crippen LogP) is 4.08. The lowest BCUT2D eigenvalue weighted by Crippen LogP contribution is -2.40. The number of aryl methyl sites for hydroxylation is 1. The molecule has 0 spiro atoms. The third-order valence-corrected chi connectivity index (χ3v) is 5.03. The zero-order valence-corrected chi connectivity index (χ0v) is 15.9. The van der Waals surface area contributed by atoms with Crippen LogP contribution in [0.4, 0.5) is 5.82 Å². The highest BCUT2D eigenvalue weighted by atomic mass is 16.5. The van der Waals surface area contributed by atoms with Gasteiger partial charge in [-0.1, -0.05) is 6.07 Å². The van der Waals surface area contributed by atoms with Crippen molar-refractivity contribution in [3.63, 3.8) is 0 Å². The van der Waals surface area contributed by atoms with E-state index in [0.717, 1.165) is 41.6 Å². The van der Waals surface area contributed by atoms with Crippen molar-refractivity contribution in [3.05, 3.63) is 42.2 Å². The molecule has 0 aliphatic carbocycles. The van der Waals surface area contributed by atoms with E-state index in [4.69, 9.17) is 4.74 Å². The number of aromatic nitrogens is 3. The number of phenolic OH excluding ortho intramolecular Hbond substituents is 1. The Kier molecular flexibility index (Phi) is 4.44. The molecule has 140 valence electrons. The van der Waals surface area contributed by atoms with Gasteiger partial charge in [-0.15, -0.1) is 10.2 Å². The number of hydrogen-bond acceptors (Lipinski definition) is 6. The first kappa shape index (κ1) is 17.7. The van der Waals surface area contributed by atoms with Crippen molar-refractivity contribution in [2.24, 2.45) is 0 Å². The lowest BCUT2D eigenvalue weighted by atomic mass is 9.94. The first-order valence-corrected chi connectivity index (χ1v) is 9.24. The molecule has 2 aromatic heterocycles. The Balaban J connectivity index is 1.74. The standard InChI is InChI=1S/C21H24N4O2/c1-13-4-5-16(18(26)10-13)19-15-6-8-22-12-17(15)20(25-24-19)23-14-7-9-27-21(2,3)11-14/h4-6,8,10,12,14,26H,7,9,11H2,1-3H3,(H,23,25)/t14-/m0/s1. The summed E-state index contributed by atoms with van der Waals surface area (Å²) in [6.45, 7) is 6.88. The van der Waals surface area contributed by atoms with E-state index in [9.17, 15) is 5.11 Å². The SMILES string of the molecule is Cc1ccc(-c2nnc(N[C@H]3CCOC(C)(C)C3)c3cnccc23)c(O)c1. The fraction of sp³-hybridized carbons (Fsp3) is 0.381. The summed E-state index contributed by atoms with van der Waals surface area (Å²) in [7, 11) is 0. The molecule has 1 atom stereocenters. The van der Waals surface area contributed by atoms with Crippen LogP contribution in [-0.2, 0) is 4.74 Å². The van der Waals surface area contributed by atoms with Gasteiger partial charge in [-0.05, 0) is 57.4 Å². The Labute approximate surface area is 158 Å². The number of pyridine rings is 1. The van der Waals surface area contributed by atoms with Gasteiger partial charge in [0, 0.05) is 41.4 Å². The summed E-state index contributed by atoms with van der Waals surface area (Å²) in [5.74, 6) is 0.922. The van der Waals surface area contributed by atoms with E-state index in [0.29, 0.717) is 11.3 Å². The quantitative estimate of drug-likeness (QED) is 0.729. The number of anilines is 1. The van der Waals surface area contributed by atoms with Crippen molar-refractivity contribution < 1.29 is 9.84 Å². The maximum atomic E-state index is 10.4. The second-order valence-electron chi connectivity index (χ2n) is 7.78. The molecule has 0 bridgehead atoms. The van der Waals surface area contributed by atoms with Gasteiger partial charge in [0.2, 0.25) is 0 Å². The summed E-state index contributed by atoms with van der Waals surface area (Å²) in [5, 5.41) is 24.6. The number of ether oxygens (including phenoxy) is 1. The van der Waals surface area contributed by atoms with Gasteiger partial charge in [0.1, 0.15) is 11.4 Å². The van der Waals surface area contributed by atoms with Gasteiger partial charge in [0.25, 0.3) is 0 Å². The van der Waals surface area contributed by atoms with Gasteiger partial charge < -0.3 is 15.2 Å². The van der Waals surface area contributed by atoms with Crippen LogP contribution in [0.2, 0.25) is 0 Å². The van der Waals surface area contributed by atoms with Gasteiger partial charge in [0.15, 0.2) is 5.82 Å². The highest BCUT2D eigenvalue weighted by Crippen LogP contribution is 2.35. The van der Waals surface area contributed by atoms with Crippen molar-refractivity contribution in [3.8, 4) is 17.0 Å². The van der Waals surface area contributed by atoms with Crippen molar-refractivity contribution >= 4 is 16.6 Å². The van der Waals surface area contributed by atoms with Crippen LogP contribution < -0.4 is 5.32 Å². The molecular weight excluding hydrogens is 340 g/mol. The highest BCUT2D eigenvalue weighted by Gasteiger charge is 2.29. The number of fused-ring (bicyclic) bond motifs is 1. The number of aromatic hydroxyl groups is 1. The lowest BCUT2D eigenvalue weighted by Gasteiger charge is -2.36. The van der Waals surface area contributed by atoms with Crippen LogP contribution in [-0.4, -0.2) is 38.5 Å². The van der Waals surface area contributed by atoms with Crippen molar-refractivity contribution in [2.75, 3.05) is 11.9 Å². The normalized spacial score (nSPS) is 19.1. The zero-order valence-electron chi connectivity index (χ0n) is 15.9. The molecule has 3 heterocycles. The molecule has 1 aliphatic heterocycles. The summed E-state index contributed by atoms with van der Waals surface area (Å²) in [4.78, 5) is 4.27. The van der Waals surface area contributed by atoms with E-state index in [2.05, 4.69) is 34.3 Å². The fourth-order valence-corrected chi connectivity index (χ4v) is 3.69. The summed E-state index contributed by atoms with van der Waals surface area (Å²) in [6, 6.07) is 7.76. The van der Waals surface area contributed by atoms with Gasteiger partial charge in [-0.3, -0.25) is 4.98 Å². The average molecular weight is 364 g/mol. The number of nitrogens with one attached hydrogen (secondary N) is 1. The Morgan fingerprint density at radius 1 is 1.19 bits per heavy atom. The molecular formula is C21H24N4O2. The fourth-order valence-electron chi connectivity index (χ4n) is 3.69. The first-order chi connectivity index (χ1) is 12.9. The van der Waals surface area contributed by atoms with Crippen molar-refractivity contribution in [1.82, 2.24) is 15.2 Å².